The van der Waals surface area contributed by atoms with Gasteiger partial charge in [0.15, 0.2) is 0 Å². The Kier molecular flexibility index (Phi) is 10.2. The maximum absolute atomic E-state index is 9.97. The predicted octanol–water partition coefficient (Wildman–Crippen LogP) is 9.25. The van der Waals surface area contributed by atoms with Gasteiger partial charge in [0.25, 0.3) is 0 Å². The van der Waals surface area contributed by atoms with E-state index in [1.807, 2.05) is 79.4 Å². The van der Waals surface area contributed by atoms with Gasteiger partial charge in [-0.15, -0.1) is 5.10 Å². The third kappa shape index (κ3) is 7.61. The summed E-state index contributed by atoms with van der Waals surface area (Å²) in [5.41, 5.74) is 5.92. The number of aryl methyl sites for hydroxylation is 1. The van der Waals surface area contributed by atoms with E-state index in [2.05, 4.69) is 64.2 Å². The molecule has 46 heavy (non-hydrogen) atoms. The monoisotopic (exact) mass is 654 g/mol. The average molecular weight is 656 g/mol. The summed E-state index contributed by atoms with van der Waals surface area (Å²) in [6.07, 6.45) is 11.1. The molecule has 238 valence electrons. The molecule has 1 atom stereocenters. The first-order valence-corrected chi connectivity index (χ1v) is 16.2. The number of halogens is 2. The normalized spacial score (nSPS) is 15.7. The first-order chi connectivity index (χ1) is 22.0. The molecule has 2 N–H and O–H groups in total. The summed E-state index contributed by atoms with van der Waals surface area (Å²) in [5.74, 6) is 0. The lowest BCUT2D eigenvalue weighted by Gasteiger charge is -2.40. The van der Waals surface area contributed by atoms with E-state index in [4.69, 9.17) is 23.2 Å². The van der Waals surface area contributed by atoms with Crippen LogP contribution in [-0.4, -0.2) is 43.5 Å². The van der Waals surface area contributed by atoms with Crippen molar-refractivity contribution in [2.45, 2.75) is 65.1 Å². The van der Waals surface area contributed by atoms with E-state index in [9.17, 15) is 5.26 Å². The molecule has 1 aliphatic heterocycles. The fraction of sp³-hybridized carbons (Fsp3) is 0.333. The molecule has 1 fully saturated rings. The number of aromatic nitrogens is 4. The molecular formula is C36H40Cl2N8. The molecule has 0 unspecified atom stereocenters. The Morgan fingerprint density at radius 2 is 1.91 bits per heavy atom. The Balaban J connectivity index is 1.50. The zero-order valence-corrected chi connectivity index (χ0v) is 28.5. The Morgan fingerprint density at radius 3 is 2.59 bits per heavy atom. The molecule has 1 saturated heterocycles. The van der Waals surface area contributed by atoms with Gasteiger partial charge in [0.2, 0.25) is 0 Å². The number of piperidine rings is 1. The minimum absolute atomic E-state index is 0.145. The molecule has 0 spiro atoms. The Morgan fingerprint density at radius 1 is 1.15 bits per heavy atom. The molecule has 4 aromatic rings. The lowest BCUT2D eigenvalue weighted by Crippen LogP contribution is -2.46. The van der Waals surface area contributed by atoms with E-state index in [1.54, 1.807) is 6.20 Å². The van der Waals surface area contributed by atoms with Crippen molar-refractivity contribution in [3.05, 3.63) is 106 Å². The lowest BCUT2D eigenvalue weighted by atomic mass is 9.98. The highest BCUT2D eigenvalue weighted by Gasteiger charge is 2.29. The number of fused-ring (bicyclic) bond motifs is 1. The third-order valence-electron chi connectivity index (χ3n) is 8.36. The number of anilines is 3. The first-order valence-electron chi connectivity index (χ1n) is 15.4. The number of rotatable bonds is 9. The fourth-order valence-electron chi connectivity index (χ4n) is 5.73. The summed E-state index contributed by atoms with van der Waals surface area (Å²) in [5, 5.41) is 27.9. The molecule has 10 heteroatoms. The second-order valence-electron chi connectivity index (χ2n) is 12.7. The van der Waals surface area contributed by atoms with E-state index in [1.165, 1.54) is 0 Å². The topological polar surface area (TPSA) is 94.7 Å². The molecule has 8 nitrogen and oxygen atoms in total. The molecular weight excluding hydrogens is 615 g/mol. The molecule has 2 aromatic carbocycles. The van der Waals surface area contributed by atoms with Gasteiger partial charge in [0, 0.05) is 46.6 Å². The van der Waals surface area contributed by atoms with E-state index >= 15 is 0 Å². The zero-order chi connectivity index (χ0) is 33.0. The maximum atomic E-state index is 9.97. The van der Waals surface area contributed by atoms with E-state index in [0.717, 1.165) is 48.4 Å². The maximum Gasteiger partial charge on any atom is 0.109 e. The van der Waals surface area contributed by atoms with Crippen LogP contribution in [0.2, 0.25) is 5.02 Å². The largest absolute Gasteiger partial charge is 0.373 e. The van der Waals surface area contributed by atoms with Crippen LogP contribution in [0.4, 0.5) is 17.1 Å². The van der Waals surface area contributed by atoms with Crippen molar-refractivity contribution in [3.63, 3.8) is 0 Å². The molecule has 5 rings (SSSR count). The van der Waals surface area contributed by atoms with Gasteiger partial charge in [-0.2, -0.15) is 5.26 Å². The summed E-state index contributed by atoms with van der Waals surface area (Å²) in [4.78, 5) is 7.03. The van der Waals surface area contributed by atoms with Gasteiger partial charge in [-0.25, -0.2) is 4.68 Å². The molecule has 1 aliphatic rings. The minimum Gasteiger partial charge on any atom is -0.373 e. The van der Waals surface area contributed by atoms with Crippen LogP contribution >= 0.6 is 23.2 Å². The van der Waals surface area contributed by atoms with Gasteiger partial charge in [0.05, 0.1) is 40.1 Å². The Hall–Kier alpha value is -4.16. The lowest BCUT2D eigenvalue weighted by molar-refractivity contribution is 0.0866. The van der Waals surface area contributed by atoms with Gasteiger partial charge in [-0.3, -0.25) is 9.88 Å². The number of pyridine rings is 1. The number of benzene rings is 2. The zero-order valence-electron chi connectivity index (χ0n) is 27.0. The molecule has 0 amide bonds. The van der Waals surface area contributed by atoms with E-state index in [0.29, 0.717) is 37.9 Å². The van der Waals surface area contributed by atoms with E-state index < -0.39 is 6.04 Å². The number of allylic oxidation sites excluding steroid dienone is 3. The van der Waals surface area contributed by atoms with Crippen LogP contribution in [-0.2, 0) is 0 Å². The summed E-state index contributed by atoms with van der Waals surface area (Å²) >= 11 is 13.1. The minimum atomic E-state index is -0.435. The van der Waals surface area contributed by atoms with Gasteiger partial charge >= 0.3 is 0 Å². The average Bonchev–Trinajstić information content (AvgIpc) is 3.52. The Bertz CT molecular complexity index is 1830. The number of likely N-dealkylation sites (tertiary alicyclic amines) is 1. The molecule has 0 saturated carbocycles. The van der Waals surface area contributed by atoms with Crippen LogP contribution in [0.25, 0.3) is 10.9 Å². The van der Waals surface area contributed by atoms with Crippen molar-refractivity contribution < 1.29 is 0 Å². The highest BCUT2D eigenvalue weighted by Crippen LogP contribution is 2.37. The quantitative estimate of drug-likeness (QED) is 0.174. The molecule has 3 heterocycles. The molecule has 0 aliphatic carbocycles. The fourth-order valence-corrected chi connectivity index (χ4v) is 6.07. The first kappa shape index (κ1) is 33.2. The van der Waals surface area contributed by atoms with Gasteiger partial charge < -0.3 is 10.6 Å². The van der Waals surface area contributed by atoms with Gasteiger partial charge in [-0.05, 0) is 88.9 Å². The Labute approximate surface area is 281 Å². The van der Waals surface area contributed by atoms with Crippen LogP contribution < -0.4 is 10.6 Å². The number of hydrogen-bond donors (Lipinski definition) is 2. The SMILES string of the molecule is C=C(/C=C\C(Cl)=C/C)[C@H](Nc1cc(Cl)c2ncc(C#N)c(Nc3cccc(C)c3)c2c1)c1cn(C2CCN(C(C)(C)C)CC2)nn1. The number of nitriles is 1. The smallest absolute Gasteiger partial charge is 0.109 e. The summed E-state index contributed by atoms with van der Waals surface area (Å²) in [6.45, 7) is 17.1. The number of hydrogen-bond acceptors (Lipinski definition) is 7. The number of nitrogens with one attached hydrogen (secondary N) is 2. The second kappa shape index (κ2) is 14.1. The summed E-state index contributed by atoms with van der Waals surface area (Å²) < 4.78 is 1.99. The van der Waals surface area contributed by atoms with Crippen molar-refractivity contribution in [1.29, 1.82) is 5.26 Å². The molecule has 0 bridgehead atoms. The van der Waals surface area contributed by atoms with Crippen molar-refractivity contribution in [2.24, 2.45) is 0 Å². The van der Waals surface area contributed by atoms with Crippen LogP contribution in [0, 0.1) is 18.3 Å². The predicted molar refractivity (Wildman–Crippen MR) is 190 cm³/mol. The number of nitrogens with zero attached hydrogens (tertiary/aromatic N) is 6. The van der Waals surface area contributed by atoms with Crippen molar-refractivity contribution >= 4 is 51.2 Å². The van der Waals surface area contributed by atoms with Crippen molar-refractivity contribution in [2.75, 3.05) is 23.7 Å². The standard InChI is InChI=1S/C36H40Cl2N8/c1-7-26(37)12-11-24(3)33(32-22-46(44-43-32)29-13-15-45(16-14-29)36(4,5)6)42-28-18-30-34(41-27-10-8-9-23(2)17-27)25(20-39)21-40-35(30)31(38)19-28/h7-12,17-19,21-22,29,33,42H,3,13-16H2,1-2,4-6H3,(H,40,41)/b12-11-,26-7+/t33-/m0/s1. The molecule has 2 aromatic heterocycles. The summed E-state index contributed by atoms with van der Waals surface area (Å²) in [6, 6.07) is 13.9. The van der Waals surface area contributed by atoms with Gasteiger partial charge in [-0.1, -0.05) is 59.3 Å². The van der Waals surface area contributed by atoms with Crippen molar-refractivity contribution in [3.8, 4) is 6.07 Å². The van der Waals surface area contributed by atoms with Crippen LogP contribution in [0.15, 0.2) is 84.2 Å². The van der Waals surface area contributed by atoms with Crippen LogP contribution in [0.5, 0.6) is 0 Å². The summed E-state index contributed by atoms with van der Waals surface area (Å²) in [7, 11) is 0. The second-order valence-corrected chi connectivity index (χ2v) is 13.5. The van der Waals surface area contributed by atoms with Crippen molar-refractivity contribution in [1.82, 2.24) is 24.9 Å². The van der Waals surface area contributed by atoms with Crippen LogP contribution in [0.1, 0.15) is 69.4 Å². The third-order valence-corrected chi connectivity index (χ3v) is 8.99. The highest BCUT2D eigenvalue weighted by atomic mass is 35.5. The van der Waals surface area contributed by atoms with E-state index in [-0.39, 0.29) is 11.6 Å². The highest BCUT2D eigenvalue weighted by molar-refractivity contribution is 6.36. The molecule has 0 radical (unpaired) electrons. The van der Waals surface area contributed by atoms with Gasteiger partial charge in [0.1, 0.15) is 11.8 Å². The van der Waals surface area contributed by atoms with Crippen LogP contribution in [0.3, 0.4) is 0 Å².